The smallest absolute Gasteiger partial charge is 0.0413 e. The molecule has 0 rings (SSSR count). The first-order chi connectivity index (χ1) is 5.02. The van der Waals surface area contributed by atoms with Gasteiger partial charge in [0.25, 0.3) is 0 Å². The molecule has 0 unspecified atom stereocenters. The molecule has 2 nitrogen and oxygen atoms in total. The van der Waals surface area contributed by atoms with Gasteiger partial charge in [-0.25, -0.2) is 0 Å². The molecule has 0 atom stereocenters. The van der Waals surface area contributed by atoms with Gasteiger partial charge in [-0.15, -0.1) is 0 Å². The van der Waals surface area contributed by atoms with Crippen LogP contribution in [0, 0.1) is 5.41 Å². The second-order valence-corrected chi connectivity index (χ2v) is 3.36. The van der Waals surface area contributed by atoms with Crippen LogP contribution in [0.25, 0.3) is 0 Å². The van der Waals surface area contributed by atoms with Crippen LogP contribution in [0.1, 0.15) is 20.8 Å². The van der Waals surface area contributed by atoms with E-state index in [-0.39, 0.29) is 5.41 Å². The van der Waals surface area contributed by atoms with Crippen molar-refractivity contribution in [3.63, 3.8) is 0 Å². The molecule has 11 heavy (non-hydrogen) atoms. The van der Waals surface area contributed by atoms with E-state index in [2.05, 4.69) is 37.5 Å². The summed E-state index contributed by atoms with van der Waals surface area (Å²) in [7, 11) is 1.79. The zero-order valence-electron chi connectivity index (χ0n) is 7.76. The van der Waals surface area contributed by atoms with Gasteiger partial charge in [-0.2, -0.15) is 0 Å². The van der Waals surface area contributed by atoms with E-state index in [9.17, 15) is 0 Å². The molecule has 0 spiro atoms. The average molecular weight is 152 g/mol. The molecule has 0 saturated heterocycles. The summed E-state index contributed by atoms with van der Waals surface area (Å²) in [6, 6.07) is 0. The highest BCUT2D eigenvalue weighted by atomic mass is 14.7. The zero-order valence-corrected chi connectivity index (χ0v) is 7.76. The standard InChI is InChI=1S/C9H16N2/c1-9(2,3)8(11-5)6-7-10-4/h6-7H,4H2,1-3,5H3/b7-6-,11-8+. The van der Waals surface area contributed by atoms with Crippen LogP contribution >= 0.6 is 0 Å². The molecule has 0 amide bonds. The molecule has 62 valence electrons. The SMILES string of the molecule is C=N/C=C\C(=N/C)C(C)(C)C. The van der Waals surface area contributed by atoms with Crippen LogP contribution in [0.2, 0.25) is 0 Å². The number of hydrogen-bond donors (Lipinski definition) is 0. The Morgan fingerprint density at radius 3 is 2.18 bits per heavy atom. The van der Waals surface area contributed by atoms with Crippen LogP contribution < -0.4 is 0 Å². The van der Waals surface area contributed by atoms with Crippen molar-refractivity contribution >= 4 is 12.4 Å². The lowest BCUT2D eigenvalue weighted by atomic mass is 9.90. The zero-order chi connectivity index (χ0) is 8.91. The first kappa shape index (κ1) is 10.1. The molecule has 0 aliphatic rings. The molecule has 0 aliphatic carbocycles. The highest BCUT2D eigenvalue weighted by Crippen LogP contribution is 2.16. The summed E-state index contributed by atoms with van der Waals surface area (Å²) < 4.78 is 0. The van der Waals surface area contributed by atoms with Gasteiger partial charge in [0, 0.05) is 24.4 Å². The quantitative estimate of drug-likeness (QED) is 0.542. The van der Waals surface area contributed by atoms with Gasteiger partial charge < -0.3 is 0 Å². The predicted octanol–water partition coefficient (Wildman–Crippen LogP) is 2.32. The van der Waals surface area contributed by atoms with Gasteiger partial charge in [-0.1, -0.05) is 20.8 Å². The molecular formula is C9H16N2. The van der Waals surface area contributed by atoms with E-state index in [0.29, 0.717) is 0 Å². The van der Waals surface area contributed by atoms with Crippen LogP contribution in [0.3, 0.4) is 0 Å². The molecule has 0 aromatic carbocycles. The highest BCUT2D eigenvalue weighted by molar-refractivity contribution is 5.98. The maximum atomic E-state index is 4.14. The van der Waals surface area contributed by atoms with E-state index >= 15 is 0 Å². The summed E-state index contributed by atoms with van der Waals surface area (Å²) >= 11 is 0. The molecule has 2 heteroatoms. The van der Waals surface area contributed by atoms with Gasteiger partial charge in [0.05, 0.1) is 0 Å². The fourth-order valence-electron chi connectivity index (χ4n) is 0.783. The molecule has 0 aromatic heterocycles. The topological polar surface area (TPSA) is 24.7 Å². The Balaban J connectivity index is 4.45. The van der Waals surface area contributed by atoms with Crippen LogP contribution in [0.5, 0.6) is 0 Å². The van der Waals surface area contributed by atoms with Crippen molar-refractivity contribution in [1.29, 1.82) is 0 Å². The Bertz CT molecular complexity index is 182. The second kappa shape index (κ2) is 4.06. The van der Waals surface area contributed by atoms with Crippen molar-refractivity contribution in [3.8, 4) is 0 Å². The van der Waals surface area contributed by atoms with Gasteiger partial charge in [-0.05, 0) is 12.8 Å². The first-order valence-electron chi connectivity index (χ1n) is 3.62. The minimum absolute atomic E-state index is 0.0932. The van der Waals surface area contributed by atoms with Crippen LogP contribution in [0.15, 0.2) is 22.3 Å². The molecule has 0 bridgehead atoms. The molecule has 0 heterocycles. The van der Waals surface area contributed by atoms with Crippen molar-refractivity contribution in [1.82, 2.24) is 0 Å². The van der Waals surface area contributed by atoms with Crippen LogP contribution in [-0.2, 0) is 0 Å². The van der Waals surface area contributed by atoms with Crippen molar-refractivity contribution < 1.29 is 0 Å². The Hall–Kier alpha value is -0.920. The van der Waals surface area contributed by atoms with Crippen molar-refractivity contribution in [3.05, 3.63) is 12.3 Å². The first-order valence-corrected chi connectivity index (χ1v) is 3.62. The number of rotatable bonds is 2. The predicted molar refractivity (Wildman–Crippen MR) is 51.5 cm³/mol. The molecule has 0 saturated carbocycles. The Morgan fingerprint density at radius 2 is 1.91 bits per heavy atom. The summed E-state index contributed by atoms with van der Waals surface area (Å²) in [4.78, 5) is 7.76. The highest BCUT2D eigenvalue weighted by Gasteiger charge is 2.14. The number of nitrogens with zero attached hydrogens (tertiary/aromatic N) is 2. The molecule has 0 N–H and O–H groups in total. The van der Waals surface area contributed by atoms with E-state index in [1.54, 1.807) is 13.2 Å². The number of allylic oxidation sites excluding steroid dienone is 1. The Kier molecular flexibility index (Phi) is 3.72. The summed E-state index contributed by atoms with van der Waals surface area (Å²) in [5, 5.41) is 0. The monoisotopic (exact) mass is 152 g/mol. The largest absolute Gasteiger partial charge is 0.292 e. The van der Waals surface area contributed by atoms with Gasteiger partial charge in [-0.3, -0.25) is 9.98 Å². The van der Waals surface area contributed by atoms with E-state index in [1.807, 2.05) is 6.08 Å². The summed E-state index contributed by atoms with van der Waals surface area (Å²) in [6.45, 7) is 9.70. The van der Waals surface area contributed by atoms with E-state index in [0.717, 1.165) is 5.71 Å². The van der Waals surface area contributed by atoms with Gasteiger partial charge >= 0.3 is 0 Å². The van der Waals surface area contributed by atoms with E-state index < -0.39 is 0 Å². The maximum absolute atomic E-state index is 4.14. The maximum Gasteiger partial charge on any atom is 0.0413 e. The number of hydrogen-bond acceptors (Lipinski definition) is 2. The van der Waals surface area contributed by atoms with Crippen molar-refractivity contribution in [2.24, 2.45) is 15.4 Å². The Labute approximate surface area is 68.8 Å². The third-order valence-corrected chi connectivity index (χ3v) is 1.35. The van der Waals surface area contributed by atoms with Crippen molar-refractivity contribution in [2.75, 3.05) is 7.05 Å². The molecule has 0 aliphatic heterocycles. The van der Waals surface area contributed by atoms with Gasteiger partial charge in [0.2, 0.25) is 0 Å². The summed E-state index contributed by atoms with van der Waals surface area (Å²) in [6.07, 6.45) is 3.54. The minimum atomic E-state index is 0.0932. The number of aliphatic imine (C=N–C) groups is 2. The molecule has 0 aromatic rings. The molecular weight excluding hydrogens is 136 g/mol. The molecule has 0 radical (unpaired) electrons. The average Bonchev–Trinajstić information content (AvgIpc) is 1.87. The van der Waals surface area contributed by atoms with E-state index in [1.165, 1.54) is 0 Å². The minimum Gasteiger partial charge on any atom is -0.292 e. The summed E-state index contributed by atoms with van der Waals surface area (Å²) in [5.41, 5.74) is 1.13. The lowest BCUT2D eigenvalue weighted by Crippen LogP contribution is -2.17. The Morgan fingerprint density at radius 1 is 1.36 bits per heavy atom. The van der Waals surface area contributed by atoms with Gasteiger partial charge in [0.15, 0.2) is 0 Å². The lowest BCUT2D eigenvalue weighted by molar-refractivity contribution is 0.593. The van der Waals surface area contributed by atoms with Crippen LogP contribution in [-0.4, -0.2) is 19.5 Å². The lowest BCUT2D eigenvalue weighted by Gasteiger charge is -2.17. The second-order valence-electron chi connectivity index (χ2n) is 3.36. The fraction of sp³-hybridized carbons (Fsp3) is 0.556. The van der Waals surface area contributed by atoms with E-state index in [4.69, 9.17) is 0 Å². The third kappa shape index (κ3) is 3.71. The summed E-state index contributed by atoms with van der Waals surface area (Å²) in [5.74, 6) is 0. The fourth-order valence-corrected chi connectivity index (χ4v) is 0.783. The molecule has 0 fully saturated rings. The van der Waals surface area contributed by atoms with Gasteiger partial charge in [0.1, 0.15) is 0 Å². The van der Waals surface area contributed by atoms with Crippen molar-refractivity contribution in [2.45, 2.75) is 20.8 Å². The normalized spacial score (nSPS) is 14.0. The third-order valence-electron chi connectivity index (χ3n) is 1.35. The van der Waals surface area contributed by atoms with Crippen LogP contribution in [0.4, 0.5) is 0 Å².